The zero-order chi connectivity index (χ0) is 27.4. The molecule has 3 heterocycles. The van der Waals surface area contributed by atoms with Crippen LogP contribution < -0.4 is 10.2 Å². The number of anilines is 2. The van der Waals surface area contributed by atoms with E-state index in [2.05, 4.69) is 15.2 Å². The zero-order valence-corrected chi connectivity index (χ0v) is 19.9. The lowest BCUT2D eigenvalue weighted by Crippen LogP contribution is -2.37. The number of nitrogens with zero attached hydrogens (tertiary/aromatic N) is 5. The third-order valence-corrected chi connectivity index (χ3v) is 6.14. The number of piperidine rings is 1. The molecule has 3 aromatic rings. The Hall–Kier alpha value is -4.34. The van der Waals surface area contributed by atoms with Crippen LogP contribution in [-0.4, -0.2) is 57.1 Å². The van der Waals surface area contributed by atoms with Crippen LogP contribution in [0.5, 0.6) is 0 Å². The molecule has 5 rings (SSSR count). The number of carbonyl (C=O) groups excluding carboxylic acids is 1. The molecule has 1 aliphatic carbocycles. The number of carbonyl (C=O) groups is 2. The van der Waals surface area contributed by atoms with Crippen molar-refractivity contribution in [2.75, 3.05) is 23.3 Å². The normalized spacial score (nSPS) is 15.8. The first-order valence-electron chi connectivity index (χ1n) is 11.7. The van der Waals surface area contributed by atoms with Gasteiger partial charge in [-0.05, 0) is 49.9 Å². The SMILES string of the molecule is N#Cc1ccc(F)c(C(=O)C2CCN(c3nc4cnccc4nc3NC3CC3)CC2)c1.O=C(O)C(F)(F)F. The minimum atomic E-state index is -5.08. The van der Waals surface area contributed by atoms with Gasteiger partial charge in [-0.1, -0.05) is 0 Å². The molecule has 9 nitrogen and oxygen atoms in total. The summed E-state index contributed by atoms with van der Waals surface area (Å²) in [5.74, 6) is -2.31. The molecule has 2 fully saturated rings. The summed E-state index contributed by atoms with van der Waals surface area (Å²) in [6.07, 6.45) is 1.75. The van der Waals surface area contributed by atoms with Crippen LogP contribution >= 0.6 is 0 Å². The Balaban J connectivity index is 0.000000426. The Labute approximate surface area is 214 Å². The molecule has 2 aromatic heterocycles. The number of halogens is 4. The highest BCUT2D eigenvalue weighted by Crippen LogP contribution is 2.33. The van der Waals surface area contributed by atoms with Crippen molar-refractivity contribution in [3.8, 4) is 6.07 Å². The van der Waals surface area contributed by atoms with Crippen LogP contribution in [-0.2, 0) is 4.79 Å². The molecule has 0 radical (unpaired) electrons. The lowest BCUT2D eigenvalue weighted by molar-refractivity contribution is -0.192. The minimum absolute atomic E-state index is 0.00478. The van der Waals surface area contributed by atoms with Crippen molar-refractivity contribution >= 4 is 34.4 Å². The smallest absolute Gasteiger partial charge is 0.475 e. The predicted molar refractivity (Wildman–Crippen MR) is 128 cm³/mol. The van der Waals surface area contributed by atoms with Crippen LogP contribution in [0.1, 0.15) is 41.6 Å². The average Bonchev–Trinajstić information content (AvgIpc) is 3.72. The number of benzene rings is 1. The number of nitriles is 1. The van der Waals surface area contributed by atoms with Crippen LogP contribution in [0.15, 0.2) is 36.7 Å². The van der Waals surface area contributed by atoms with Gasteiger partial charge in [-0.2, -0.15) is 18.4 Å². The van der Waals surface area contributed by atoms with Gasteiger partial charge in [0.1, 0.15) is 11.3 Å². The maximum absolute atomic E-state index is 14.2. The van der Waals surface area contributed by atoms with Gasteiger partial charge in [0.2, 0.25) is 0 Å². The lowest BCUT2D eigenvalue weighted by Gasteiger charge is -2.33. The third-order valence-electron chi connectivity index (χ3n) is 6.14. The molecular weight excluding hydrogens is 508 g/mol. The van der Waals surface area contributed by atoms with Crippen LogP contribution in [0, 0.1) is 23.1 Å². The molecule has 0 unspecified atom stereocenters. The number of nitrogens with one attached hydrogen (secondary N) is 1. The molecule has 0 spiro atoms. The summed E-state index contributed by atoms with van der Waals surface area (Å²) in [5, 5.41) is 19.7. The van der Waals surface area contributed by atoms with Crippen molar-refractivity contribution < 1.29 is 32.3 Å². The van der Waals surface area contributed by atoms with Gasteiger partial charge < -0.3 is 15.3 Å². The molecule has 198 valence electrons. The molecule has 2 N–H and O–H groups in total. The summed E-state index contributed by atoms with van der Waals surface area (Å²) in [6, 6.07) is 8.17. The monoisotopic (exact) mass is 530 g/mol. The number of aliphatic carboxylic acids is 1. The second kappa shape index (κ2) is 11.0. The maximum Gasteiger partial charge on any atom is 0.490 e. The van der Waals surface area contributed by atoms with Gasteiger partial charge in [0.15, 0.2) is 17.4 Å². The fourth-order valence-corrected chi connectivity index (χ4v) is 3.99. The molecule has 1 saturated carbocycles. The van der Waals surface area contributed by atoms with Crippen molar-refractivity contribution in [1.82, 2.24) is 15.0 Å². The van der Waals surface area contributed by atoms with Gasteiger partial charge in [-0.25, -0.2) is 19.2 Å². The Morgan fingerprint density at radius 3 is 2.37 bits per heavy atom. The van der Waals surface area contributed by atoms with E-state index in [1.807, 2.05) is 12.1 Å². The van der Waals surface area contributed by atoms with E-state index in [0.717, 1.165) is 35.5 Å². The number of pyridine rings is 1. The van der Waals surface area contributed by atoms with Crippen LogP contribution in [0.4, 0.5) is 29.2 Å². The molecule has 1 aromatic carbocycles. The van der Waals surface area contributed by atoms with E-state index in [1.165, 1.54) is 18.2 Å². The number of aromatic nitrogens is 3. The Morgan fingerprint density at radius 1 is 1.08 bits per heavy atom. The fraction of sp³-hybridized carbons (Fsp3) is 0.360. The van der Waals surface area contributed by atoms with E-state index in [1.54, 1.807) is 12.4 Å². The molecule has 0 atom stereocenters. The minimum Gasteiger partial charge on any atom is -0.475 e. The lowest BCUT2D eigenvalue weighted by atomic mass is 9.88. The summed E-state index contributed by atoms with van der Waals surface area (Å²) < 4.78 is 45.9. The Bertz CT molecular complexity index is 1400. The molecule has 0 amide bonds. The first kappa shape index (κ1) is 26.7. The van der Waals surface area contributed by atoms with Gasteiger partial charge in [0.25, 0.3) is 0 Å². The van der Waals surface area contributed by atoms with E-state index in [9.17, 15) is 22.4 Å². The van der Waals surface area contributed by atoms with Crippen LogP contribution in [0.2, 0.25) is 0 Å². The molecule has 2 aliphatic rings. The quantitative estimate of drug-likeness (QED) is 0.365. The van der Waals surface area contributed by atoms with Gasteiger partial charge in [0, 0.05) is 31.2 Å². The highest BCUT2D eigenvalue weighted by atomic mass is 19.4. The van der Waals surface area contributed by atoms with Gasteiger partial charge in [-0.15, -0.1) is 0 Å². The van der Waals surface area contributed by atoms with E-state index >= 15 is 0 Å². The second-order valence-corrected chi connectivity index (χ2v) is 8.91. The van der Waals surface area contributed by atoms with Gasteiger partial charge >= 0.3 is 12.1 Å². The van der Waals surface area contributed by atoms with Crippen LogP contribution in [0.25, 0.3) is 11.0 Å². The predicted octanol–water partition coefficient (Wildman–Crippen LogP) is 4.34. The fourth-order valence-electron chi connectivity index (χ4n) is 3.99. The first-order chi connectivity index (χ1) is 18.1. The zero-order valence-electron chi connectivity index (χ0n) is 19.9. The van der Waals surface area contributed by atoms with E-state index in [0.29, 0.717) is 32.0 Å². The van der Waals surface area contributed by atoms with E-state index < -0.39 is 18.0 Å². The summed E-state index contributed by atoms with van der Waals surface area (Å²) >= 11 is 0. The molecule has 38 heavy (non-hydrogen) atoms. The van der Waals surface area contributed by atoms with Crippen molar-refractivity contribution in [2.24, 2.45) is 5.92 Å². The second-order valence-electron chi connectivity index (χ2n) is 8.91. The number of carboxylic acids is 1. The number of carboxylic acid groups (broad SMARTS) is 1. The maximum atomic E-state index is 14.2. The largest absolute Gasteiger partial charge is 0.490 e. The molecule has 0 bridgehead atoms. The number of ketones is 1. The topological polar surface area (TPSA) is 132 Å². The number of alkyl halides is 3. The number of rotatable bonds is 5. The summed E-state index contributed by atoms with van der Waals surface area (Å²) in [6.45, 7) is 1.24. The highest BCUT2D eigenvalue weighted by molar-refractivity contribution is 5.98. The molecule has 13 heteroatoms. The Morgan fingerprint density at radius 2 is 1.76 bits per heavy atom. The van der Waals surface area contributed by atoms with Gasteiger partial charge in [0.05, 0.1) is 28.9 Å². The van der Waals surface area contributed by atoms with Crippen molar-refractivity contribution in [3.05, 3.63) is 53.6 Å². The standard InChI is InChI=1S/C23H21FN6O.C2HF3O2/c24-18-4-1-14(12-25)11-17(18)21(31)15-6-9-30(10-7-15)23-22(27-16-2-3-16)28-19-5-8-26-13-20(19)29-23;3-2(4,5)1(6)7/h1,4-5,8,11,13,15-16H,2-3,6-7,9-10H2,(H,27,28);(H,6,7). The van der Waals surface area contributed by atoms with Crippen molar-refractivity contribution in [3.63, 3.8) is 0 Å². The summed E-state index contributed by atoms with van der Waals surface area (Å²) in [7, 11) is 0. The molecule has 1 saturated heterocycles. The van der Waals surface area contributed by atoms with Gasteiger partial charge in [-0.3, -0.25) is 9.78 Å². The van der Waals surface area contributed by atoms with E-state index in [4.69, 9.17) is 25.1 Å². The average molecular weight is 530 g/mol. The molecule has 1 aliphatic heterocycles. The number of hydrogen-bond donors (Lipinski definition) is 2. The highest BCUT2D eigenvalue weighted by Gasteiger charge is 2.38. The van der Waals surface area contributed by atoms with E-state index in [-0.39, 0.29) is 22.8 Å². The van der Waals surface area contributed by atoms with Crippen LogP contribution in [0.3, 0.4) is 0 Å². The van der Waals surface area contributed by atoms with Crippen molar-refractivity contribution in [1.29, 1.82) is 5.26 Å². The van der Waals surface area contributed by atoms with Crippen molar-refractivity contribution in [2.45, 2.75) is 37.9 Å². The first-order valence-corrected chi connectivity index (χ1v) is 11.7. The molecular formula is C25H22F4N6O3. The third kappa shape index (κ3) is 6.31. The summed E-state index contributed by atoms with van der Waals surface area (Å²) in [5.41, 5.74) is 1.82. The Kier molecular flexibility index (Phi) is 7.70. The number of Topliss-reactive ketones (excluding diaryl/α,β-unsaturated/α-hetero) is 1. The number of fused-ring (bicyclic) bond motifs is 1. The summed E-state index contributed by atoms with van der Waals surface area (Å²) in [4.78, 5) is 37.7. The number of hydrogen-bond acceptors (Lipinski definition) is 8.